The Balaban J connectivity index is 0.000000829. The summed E-state index contributed by atoms with van der Waals surface area (Å²) in [6.45, 7) is 15.7. The van der Waals surface area contributed by atoms with E-state index >= 15 is 0 Å². The Hall–Kier alpha value is -0.940. The lowest BCUT2D eigenvalue weighted by molar-refractivity contribution is -0.120. The topological polar surface area (TPSA) is 52.0 Å². The van der Waals surface area contributed by atoms with Crippen LogP contribution in [0.3, 0.4) is 0 Å². The molecule has 1 fully saturated rings. The van der Waals surface area contributed by atoms with Crippen molar-refractivity contribution < 1.29 is 4.74 Å². The van der Waals surface area contributed by atoms with Crippen LogP contribution in [-0.2, 0) is 11.3 Å². The average Bonchev–Trinajstić information content (AvgIpc) is 2.90. The first-order valence-electron chi connectivity index (χ1n) is 7.78. The van der Waals surface area contributed by atoms with Crippen molar-refractivity contribution in [1.29, 1.82) is 0 Å². The van der Waals surface area contributed by atoms with E-state index < -0.39 is 0 Å². The maximum atomic E-state index is 5.32. The van der Waals surface area contributed by atoms with Crippen LogP contribution >= 0.6 is 0 Å². The fourth-order valence-corrected chi connectivity index (χ4v) is 2.01. The molecule has 5 nitrogen and oxygen atoms in total. The van der Waals surface area contributed by atoms with Gasteiger partial charge in [-0.25, -0.2) is 0 Å². The van der Waals surface area contributed by atoms with Gasteiger partial charge in [0.05, 0.1) is 25.5 Å². The second-order valence-corrected chi connectivity index (χ2v) is 5.02. The summed E-state index contributed by atoms with van der Waals surface area (Å²) in [5, 5.41) is 11.6. The van der Waals surface area contributed by atoms with Gasteiger partial charge in [0, 0.05) is 18.2 Å². The van der Waals surface area contributed by atoms with Gasteiger partial charge in [-0.15, -0.1) is 5.10 Å². The summed E-state index contributed by atoms with van der Waals surface area (Å²) in [7, 11) is 1.97. The number of ether oxygens (including phenoxy) is 1. The summed E-state index contributed by atoms with van der Waals surface area (Å²) in [5.74, 6) is 0.437. The first-order chi connectivity index (χ1) is 9.65. The van der Waals surface area contributed by atoms with E-state index in [1.54, 1.807) is 0 Å². The zero-order chi connectivity index (χ0) is 15.6. The van der Waals surface area contributed by atoms with Gasteiger partial charge in [-0.3, -0.25) is 4.68 Å². The first-order valence-corrected chi connectivity index (χ1v) is 7.78. The molecule has 0 aliphatic carbocycles. The van der Waals surface area contributed by atoms with Crippen molar-refractivity contribution in [3.05, 3.63) is 11.9 Å². The molecule has 2 rings (SSSR count). The zero-order valence-electron chi connectivity index (χ0n) is 14.2. The van der Waals surface area contributed by atoms with Gasteiger partial charge >= 0.3 is 0 Å². The van der Waals surface area contributed by atoms with Crippen LogP contribution in [0.25, 0.3) is 0 Å². The highest BCUT2D eigenvalue weighted by atomic mass is 16.5. The van der Waals surface area contributed by atoms with Crippen molar-refractivity contribution >= 4 is 0 Å². The molecule has 0 radical (unpaired) electrons. The third-order valence-electron chi connectivity index (χ3n) is 3.01. The van der Waals surface area contributed by atoms with Gasteiger partial charge in [0.2, 0.25) is 0 Å². The molecule has 0 bridgehead atoms. The number of hydrogen-bond donors (Lipinski definition) is 1. The number of hydrogen-bond acceptors (Lipinski definition) is 4. The molecule has 1 aliphatic rings. The summed E-state index contributed by atoms with van der Waals surface area (Å²) < 4.78 is 7.26. The maximum absolute atomic E-state index is 5.32. The molecule has 1 N–H and O–H groups in total. The predicted molar refractivity (Wildman–Crippen MR) is 84.0 cm³/mol. The molecule has 118 valence electrons. The van der Waals surface area contributed by atoms with Gasteiger partial charge in [-0.1, -0.05) is 46.8 Å². The van der Waals surface area contributed by atoms with Crippen LogP contribution in [0.5, 0.6) is 0 Å². The molecule has 1 saturated heterocycles. The monoisotopic (exact) mass is 284 g/mol. The smallest absolute Gasteiger partial charge is 0.0852 e. The van der Waals surface area contributed by atoms with E-state index in [0.717, 1.165) is 32.0 Å². The van der Waals surface area contributed by atoms with Crippen LogP contribution in [0.2, 0.25) is 0 Å². The largest absolute Gasteiger partial charge is 0.380 e. The highest BCUT2D eigenvalue weighted by molar-refractivity contribution is 4.99. The average molecular weight is 284 g/mol. The van der Waals surface area contributed by atoms with E-state index in [0.29, 0.717) is 5.92 Å². The summed E-state index contributed by atoms with van der Waals surface area (Å²) in [6.07, 6.45) is 2.04. The van der Waals surface area contributed by atoms with E-state index in [-0.39, 0.29) is 5.41 Å². The molecule has 0 amide bonds. The van der Waals surface area contributed by atoms with E-state index in [4.69, 9.17) is 4.74 Å². The van der Waals surface area contributed by atoms with Gasteiger partial charge < -0.3 is 10.1 Å². The Bertz CT molecular complexity index is 345. The fourth-order valence-electron chi connectivity index (χ4n) is 2.01. The van der Waals surface area contributed by atoms with Crippen LogP contribution in [0.4, 0.5) is 0 Å². The van der Waals surface area contributed by atoms with Gasteiger partial charge in [-0.05, 0) is 13.0 Å². The predicted octanol–water partition coefficient (Wildman–Crippen LogP) is 2.69. The normalized spacial score (nSPS) is 15.6. The summed E-state index contributed by atoms with van der Waals surface area (Å²) in [6, 6.07) is 0. The lowest BCUT2D eigenvalue weighted by Gasteiger charge is -2.41. The lowest BCUT2D eigenvalue weighted by Crippen LogP contribution is -2.51. The molecule has 5 heteroatoms. The Kier molecular flexibility index (Phi) is 9.42. The molecule has 1 aromatic rings. The Labute approximate surface area is 124 Å². The molecule has 0 aromatic carbocycles. The van der Waals surface area contributed by atoms with Crippen LogP contribution in [0.1, 0.15) is 53.2 Å². The Morgan fingerprint density at radius 3 is 2.25 bits per heavy atom. The third kappa shape index (κ3) is 5.21. The molecular formula is C15H32N4O. The Morgan fingerprint density at radius 2 is 1.90 bits per heavy atom. The van der Waals surface area contributed by atoms with Crippen molar-refractivity contribution in [2.24, 2.45) is 5.41 Å². The van der Waals surface area contributed by atoms with Gasteiger partial charge in [0.15, 0.2) is 0 Å². The quantitative estimate of drug-likeness (QED) is 0.903. The number of rotatable bonds is 5. The van der Waals surface area contributed by atoms with E-state index in [1.807, 2.05) is 45.6 Å². The third-order valence-corrected chi connectivity index (χ3v) is 3.01. The minimum atomic E-state index is 0.205. The number of aromatic nitrogens is 3. The second kappa shape index (κ2) is 9.88. The SMILES string of the molecule is CC.CC.CNCC1(Cn2cc(C(C)C)nn2)COC1. The van der Waals surface area contributed by atoms with E-state index in [9.17, 15) is 0 Å². The van der Waals surface area contributed by atoms with Crippen LogP contribution < -0.4 is 5.32 Å². The van der Waals surface area contributed by atoms with Crippen molar-refractivity contribution in [2.75, 3.05) is 26.8 Å². The van der Waals surface area contributed by atoms with E-state index in [1.165, 1.54) is 0 Å². The van der Waals surface area contributed by atoms with Gasteiger partial charge in [0.1, 0.15) is 0 Å². The van der Waals surface area contributed by atoms with Crippen LogP contribution in [0.15, 0.2) is 6.20 Å². The minimum Gasteiger partial charge on any atom is -0.380 e. The van der Waals surface area contributed by atoms with Crippen molar-refractivity contribution in [3.8, 4) is 0 Å². The summed E-state index contributed by atoms with van der Waals surface area (Å²) >= 11 is 0. The summed E-state index contributed by atoms with van der Waals surface area (Å²) in [5.41, 5.74) is 1.26. The van der Waals surface area contributed by atoms with Crippen molar-refractivity contribution in [3.63, 3.8) is 0 Å². The molecule has 0 spiro atoms. The molecule has 0 atom stereocenters. The van der Waals surface area contributed by atoms with Crippen molar-refractivity contribution in [2.45, 2.75) is 54.0 Å². The molecule has 20 heavy (non-hydrogen) atoms. The maximum Gasteiger partial charge on any atom is 0.0852 e. The standard InChI is InChI=1S/C11H20N4O.2C2H6/c1-9(2)10-4-15(14-13-10)6-11(5-12-3)7-16-8-11;2*1-2/h4,9,12H,5-8H2,1-3H3;2*1-2H3. The van der Waals surface area contributed by atoms with Crippen molar-refractivity contribution in [1.82, 2.24) is 20.3 Å². The highest BCUT2D eigenvalue weighted by Gasteiger charge is 2.38. The minimum absolute atomic E-state index is 0.205. The second-order valence-electron chi connectivity index (χ2n) is 5.02. The molecule has 0 unspecified atom stereocenters. The molecule has 0 saturated carbocycles. The highest BCUT2D eigenvalue weighted by Crippen LogP contribution is 2.28. The van der Waals surface area contributed by atoms with Crippen LogP contribution in [0, 0.1) is 5.41 Å². The Morgan fingerprint density at radius 1 is 1.30 bits per heavy atom. The lowest BCUT2D eigenvalue weighted by atomic mass is 9.86. The molecule has 1 aromatic heterocycles. The number of nitrogens with zero attached hydrogens (tertiary/aromatic N) is 3. The number of nitrogens with one attached hydrogen (secondary N) is 1. The van der Waals surface area contributed by atoms with E-state index in [2.05, 4.69) is 29.5 Å². The van der Waals surface area contributed by atoms with Gasteiger partial charge in [0.25, 0.3) is 0 Å². The van der Waals surface area contributed by atoms with Gasteiger partial charge in [-0.2, -0.15) is 0 Å². The fraction of sp³-hybridized carbons (Fsp3) is 0.867. The summed E-state index contributed by atoms with van der Waals surface area (Å²) in [4.78, 5) is 0. The molecule has 2 heterocycles. The zero-order valence-corrected chi connectivity index (χ0v) is 14.2. The van der Waals surface area contributed by atoms with Crippen LogP contribution in [-0.4, -0.2) is 41.8 Å². The molecular weight excluding hydrogens is 252 g/mol. The molecule has 1 aliphatic heterocycles. The first kappa shape index (κ1) is 19.1.